The molecule has 0 bridgehead atoms. The van der Waals surface area contributed by atoms with Gasteiger partial charge in [0.2, 0.25) is 0 Å². The summed E-state index contributed by atoms with van der Waals surface area (Å²) < 4.78 is 1.68. The van der Waals surface area contributed by atoms with Crippen LogP contribution in [0.25, 0.3) is 5.69 Å². The van der Waals surface area contributed by atoms with E-state index in [1.54, 1.807) is 29.1 Å². The van der Waals surface area contributed by atoms with E-state index in [-0.39, 0.29) is 0 Å². The van der Waals surface area contributed by atoms with Gasteiger partial charge in [0.25, 0.3) is 0 Å². The van der Waals surface area contributed by atoms with Gasteiger partial charge in [0.1, 0.15) is 0 Å². The van der Waals surface area contributed by atoms with Crippen LogP contribution in [0.3, 0.4) is 0 Å². The Hall–Kier alpha value is -0.700. The van der Waals surface area contributed by atoms with Crippen LogP contribution in [-0.4, -0.2) is 9.78 Å². The molecule has 0 saturated carbocycles. The van der Waals surface area contributed by atoms with E-state index in [1.165, 1.54) is 0 Å². The number of hydrogen-bond acceptors (Lipinski definition) is 1. The van der Waals surface area contributed by atoms with Crippen molar-refractivity contribution >= 4 is 34.8 Å². The van der Waals surface area contributed by atoms with Gasteiger partial charge in [0.05, 0.1) is 22.3 Å². The van der Waals surface area contributed by atoms with Crippen molar-refractivity contribution < 1.29 is 0 Å². The topological polar surface area (TPSA) is 17.8 Å². The second kappa shape index (κ2) is 4.44. The SMILES string of the molecule is ClCc1ccnn1-c1cc(Cl)ccc1Cl. The maximum absolute atomic E-state index is 6.05. The molecule has 0 aliphatic rings. The van der Waals surface area contributed by atoms with Crippen LogP contribution in [0.1, 0.15) is 5.69 Å². The fourth-order valence-corrected chi connectivity index (χ4v) is 1.86. The predicted molar refractivity (Wildman–Crippen MR) is 63.1 cm³/mol. The smallest absolute Gasteiger partial charge is 0.0850 e. The molecule has 0 atom stereocenters. The number of halogens is 3. The maximum Gasteiger partial charge on any atom is 0.0850 e. The van der Waals surface area contributed by atoms with E-state index in [1.807, 2.05) is 6.07 Å². The highest BCUT2D eigenvalue weighted by Crippen LogP contribution is 2.25. The van der Waals surface area contributed by atoms with Gasteiger partial charge in [0, 0.05) is 11.2 Å². The first-order valence-corrected chi connectivity index (χ1v) is 5.55. The molecule has 5 heteroatoms. The van der Waals surface area contributed by atoms with Crippen LogP contribution < -0.4 is 0 Å². The van der Waals surface area contributed by atoms with Crippen molar-refractivity contribution in [2.45, 2.75) is 5.88 Å². The van der Waals surface area contributed by atoms with E-state index in [9.17, 15) is 0 Å². The third kappa shape index (κ3) is 2.12. The molecule has 2 aromatic rings. The van der Waals surface area contributed by atoms with E-state index in [2.05, 4.69) is 5.10 Å². The monoisotopic (exact) mass is 260 g/mol. The van der Waals surface area contributed by atoms with Gasteiger partial charge in [-0.25, -0.2) is 4.68 Å². The number of alkyl halides is 1. The summed E-state index contributed by atoms with van der Waals surface area (Å²) in [6.07, 6.45) is 1.68. The number of benzene rings is 1. The lowest BCUT2D eigenvalue weighted by atomic mass is 10.3. The van der Waals surface area contributed by atoms with Gasteiger partial charge in [-0.05, 0) is 24.3 Å². The predicted octanol–water partition coefficient (Wildman–Crippen LogP) is 3.92. The van der Waals surface area contributed by atoms with E-state index in [0.717, 1.165) is 11.4 Å². The lowest BCUT2D eigenvalue weighted by Gasteiger charge is -2.07. The molecule has 0 aliphatic heterocycles. The van der Waals surface area contributed by atoms with Crippen molar-refractivity contribution in [1.29, 1.82) is 0 Å². The molecule has 15 heavy (non-hydrogen) atoms. The molecule has 1 aromatic heterocycles. The first kappa shape index (κ1) is 10.8. The summed E-state index contributed by atoms with van der Waals surface area (Å²) in [4.78, 5) is 0. The highest BCUT2D eigenvalue weighted by molar-refractivity contribution is 6.34. The van der Waals surface area contributed by atoms with Crippen molar-refractivity contribution in [2.75, 3.05) is 0 Å². The molecule has 2 nitrogen and oxygen atoms in total. The number of rotatable bonds is 2. The molecule has 0 aliphatic carbocycles. The van der Waals surface area contributed by atoms with Gasteiger partial charge in [-0.2, -0.15) is 5.10 Å². The lowest BCUT2D eigenvalue weighted by Crippen LogP contribution is -2.01. The molecule has 78 valence electrons. The summed E-state index contributed by atoms with van der Waals surface area (Å²) in [6.45, 7) is 0. The molecule has 0 N–H and O–H groups in total. The summed E-state index contributed by atoms with van der Waals surface area (Å²) in [7, 11) is 0. The minimum absolute atomic E-state index is 0.378. The fourth-order valence-electron chi connectivity index (χ4n) is 1.30. The van der Waals surface area contributed by atoms with Crippen LogP contribution in [0, 0.1) is 0 Å². The summed E-state index contributed by atoms with van der Waals surface area (Å²) in [6, 6.07) is 7.06. The second-order valence-corrected chi connectivity index (χ2v) is 4.07. The third-order valence-electron chi connectivity index (χ3n) is 1.99. The van der Waals surface area contributed by atoms with Crippen LogP contribution in [0.2, 0.25) is 10.0 Å². The zero-order valence-electron chi connectivity index (χ0n) is 7.62. The summed E-state index contributed by atoms with van der Waals surface area (Å²) in [5.41, 5.74) is 1.62. The normalized spacial score (nSPS) is 10.6. The fraction of sp³-hybridized carbons (Fsp3) is 0.100. The van der Waals surface area contributed by atoms with Crippen LogP contribution >= 0.6 is 34.8 Å². The Morgan fingerprint density at radius 3 is 2.73 bits per heavy atom. The number of aromatic nitrogens is 2. The number of nitrogens with zero attached hydrogens (tertiary/aromatic N) is 2. The van der Waals surface area contributed by atoms with Crippen molar-refractivity contribution in [2.24, 2.45) is 0 Å². The Labute approximate surface area is 102 Å². The quantitative estimate of drug-likeness (QED) is 0.749. The first-order chi connectivity index (χ1) is 7.22. The van der Waals surface area contributed by atoms with Gasteiger partial charge < -0.3 is 0 Å². The van der Waals surface area contributed by atoms with Gasteiger partial charge >= 0.3 is 0 Å². The molecular formula is C10H7Cl3N2. The average molecular weight is 262 g/mol. The first-order valence-electron chi connectivity index (χ1n) is 4.26. The highest BCUT2D eigenvalue weighted by Gasteiger charge is 2.08. The number of hydrogen-bond donors (Lipinski definition) is 0. The minimum Gasteiger partial charge on any atom is -0.235 e. The third-order valence-corrected chi connectivity index (χ3v) is 2.82. The van der Waals surface area contributed by atoms with Crippen molar-refractivity contribution in [3.05, 3.63) is 46.2 Å². The maximum atomic E-state index is 6.05. The molecule has 0 spiro atoms. The van der Waals surface area contributed by atoms with Gasteiger partial charge in [0.15, 0.2) is 0 Å². The highest BCUT2D eigenvalue weighted by atomic mass is 35.5. The molecule has 1 heterocycles. The van der Waals surface area contributed by atoms with Crippen molar-refractivity contribution in [3.8, 4) is 5.69 Å². The van der Waals surface area contributed by atoms with E-state index < -0.39 is 0 Å². The minimum atomic E-state index is 0.378. The summed E-state index contributed by atoms with van der Waals surface area (Å²) in [5, 5.41) is 5.36. The molecule has 0 unspecified atom stereocenters. The van der Waals surface area contributed by atoms with Crippen molar-refractivity contribution in [1.82, 2.24) is 9.78 Å². The largest absolute Gasteiger partial charge is 0.235 e. The Morgan fingerprint density at radius 1 is 1.20 bits per heavy atom. The summed E-state index contributed by atoms with van der Waals surface area (Å²) >= 11 is 17.7. The zero-order valence-corrected chi connectivity index (χ0v) is 9.89. The Bertz CT molecular complexity index is 479. The van der Waals surface area contributed by atoms with Crippen molar-refractivity contribution in [3.63, 3.8) is 0 Å². The second-order valence-electron chi connectivity index (χ2n) is 2.96. The standard InChI is InChI=1S/C10H7Cl3N2/c11-6-8-3-4-14-15(8)10-5-7(12)1-2-9(10)13/h1-5H,6H2. The molecule has 0 radical (unpaired) electrons. The van der Waals surface area contributed by atoms with E-state index in [0.29, 0.717) is 15.9 Å². The van der Waals surface area contributed by atoms with Gasteiger partial charge in [-0.3, -0.25) is 0 Å². The molecular weight excluding hydrogens is 254 g/mol. The van der Waals surface area contributed by atoms with Gasteiger partial charge in [-0.15, -0.1) is 11.6 Å². The lowest BCUT2D eigenvalue weighted by molar-refractivity contribution is 0.840. The Morgan fingerprint density at radius 2 is 2.00 bits per heavy atom. The Balaban J connectivity index is 2.58. The molecule has 0 fully saturated rings. The van der Waals surface area contributed by atoms with Crippen LogP contribution in [0.15, 0.2) is 30.5 Å². The molecule has 2 rings (SSSR count). The van der Waals surface area contributed by atoms with E-state index >= 15 is 0 Å². The molecule has 0 saturated heterocycles. The summed E-state index contributed by atoms with van der Waals surface area (Å²) in [5.74, 6) is 0.378. The molecule has 1 aromatic carbocycles. The van der Waals surface area contributed by atoms with Crippen LogP contribution in [0.4, 0.5) is 0 Å². The van der Waals surface area contributed by atoms with E-state index in [4.69, 9.17) is 34.8 Å². The van der Waals surface area contributed by atoms with Crippen LogP contribution in [-0.2, 0) is 5.88 Å². The Kier molecular flexibility index (Phi) is 3.19. The average Bonchev–Trinajstić information content (AvgIpc) is 2.69. The molecule has 0 amide bonds. The zero-order chi connectivity index (χ0) is 10.8. The van der Waals surface area contributed by atoms with Gasteiger partial charge in [-0.1, -0.05) is 23.2 Å². The van der Waals surface area contributed by atoms with Crippen LogP contribution in [0.5, 0.6) is 0 Å².